The van der Waals surface area contributed by atoms with Crippen molar-refractivity contribution in [1.82, 2.24) is 4.90 Å². The molecular formula is C23H18ClN3O4S. The molecule has 162 valence electrons. The van der Waals surface area contributed by atoms with Crippen LogP contribution in [-0.2, 0) is 11.3 Å². The monoisotopic (exact) mass is 467 g/mol. The van der Waals surface area contributed by atoms with Gasteiger partial charge in [-0.15, -0.1) is 5.10 Å². The highest BCUT2D eigenvalue weighted by molar-refractivity contribution is 8.18. The number of thioether (sulfide) groups is 1. The molecule has 1 amide bonds. The number of furan rings is 1. The van der Waals surface area contributed by atoms with Crippen LogP contribution in [-0.4, -0.2) is 34.4 Å². The third kappa shape index (κ3) is 4.87. The fraction of sp³-hybridized carbons (Fsp3) is 0.0870. The molecule has 0 bridgehead atoms. The summed E-state index contributed by atoms with van der Waals surface area (Å²) in [6.45, 7) is 0.195. The van der Waals surface area contributed by atoms with Crippen molar-refractivity contribution in [2.45, 2.75) is 6.54 Å². The number of benzene rings is 2. The predicted octanol–water partition coefficient (Wildman–Crippen LogP) is 5.15. The normalized spacial score (nSPS) is 16.6. The Morgan fingerprint density at radius 2 is 2.03 bits per heavy atom. The third-order valence-corrected chi connectivity index (χ3v) is 5.77. The fourth-order valence-corrected chi connectivity index (χ4v) is 4.08. The Labute approximate surface area is 193 Å². The van der Waals surface area contributed by atoms with E-state index in [1.165, 1.54) is 11.0 Å². The number of hydrogen-bond donors (Lipinski definition) is 1. The molecule has 4 rings (SSSR count). The van der Waals surface area contributed by atoms with E-state index >= 15 is 0 Å². The van der Waals surface area contributed by atoms with Crippen LogP contribution in [0.15, 0.2) is 80.4 Å². The van der Waals surface area contributed by atoms with Crippen LogP contribution < -0.4 is 4.74 Å². The molecule has 2 heterocycles. The lowest BCUT2D eigenvalue weighted by molar-refractivity contribution is -0.122. The van der Waals surface area contributed by atoms with Crippen molar-refractivity contribution in [2.75, 3.05) is 7.11 Å². The van der Waals surface area contributed by atoms with E-state index in [0.29, 0.717) is 32.2 Å². The molecule has 7 nitrogen and oxygen atoms in total. The molecule has 0 radical (unpaired) electrons. The van der Waals surface area contributed by atoms with Crippen LogP contribution in [0.4, 0.5) is 0 Å². The average Bonchev–Trinajstić information content (AvgIpc) is 3.41. The summed E-state index contributed by atoms with van der Waals surface area (Å²) in [6, 6.07) is 15.6. The summed E-state index contributed by atoms with van der Waals surface area (Å²) in [5, 5.41) is 19.4. The summed E-state index contributed by atoms with van der Waals surface area (Å²) in [5.74, 6) is 1.01. The number of hydrogen-bond acceptors (Lipinski definition) is 7. The average molecular weight is 468 g/mol. The van der Waals surface area contributed by atoms with Gasteiger partial charge in [-0.25, -0.2) is 0 Å². The molecule has 0 saturated carbocycles. The molecule has 3 aromatic rings. The Kier molecular flexibility index (Phi) is 6.63. The number of methoxy groups -OCH3 is 1. The van der Waals surface area contributed by atoms with Crippen LogP contribution in [0.5, 0.6) is 11.5 Å². The van der Waals surface area contributed by atoms with Crippen molar-refractivity contribution in [1.29, 1.82) is 0 Å². The summed E-state index contributed by atoms with van der Waals surface area (Å²) in [7, 11) is 1.58. The van der Waals surface area contributed by atoms with Gasteiger partial charge in [0.25, 0.3) is 5.91 Å². The number of phenolic OH excluding ortho intramolecular Hbond substituents is 1. The van der Waals surface area contributed by atoms with Crippen LogP contribution >= 0.6 is 23.4 Å². The number of ether oxygens (including phenoxy) is 1. The van der Waals surface area contributed by atoms with Crippen LogP contribution in [0, 0.1) is 0 Å². The number of amides is 1. The minimum Gasteiger partial charge on any atom is -0.507 e. The largest absolute Gasteiger partial charge is 0.507 e. The number of carbonyl (C=O) groups is 1. The highest BCUT2D eigenvalue weighted by Crippen LogP contribution is 2.35. The van der Waals surface area contributed by atoms with Gasteiger partial charge in [0.15, 0.2) is 5.17 Å². The molecule has 0 spiro atoms. The second-order valence-electron chi connectivity index (χ2n) is 6.65. The maximum Gasteiger partial charge on any atom is 0.267 e. The molecule has 1 N–H and O–H groups in total. The van der Waals surface area contributed by atoms with Gasteiger partial charge < -0.3 is 14.3 Å². The van der Waals surface area contributed by atoms with Crippen molar-refractivity contribution >= 4 is 46.7 Å². The number of nitrogens with zero attached hydrogens (tertiary/aromatic N) is 3. The first kappa shape index (κ1) is 21.7. The molecule has 2 aromatic carbocycles. The van der Waals surface area contributed by atoms with Gasteiger partial charge in [0.05, 0.1) is 31.0 Å². The Morgan fingerprint density at radius 1 is 1.19 bits per heavy atom. The molecule has 1 saturated heterocycles. The van der Waals surface area contributed by atoms with Crippen LogP contribution in [0.1, 0.15) is 16.9 Å². The van der Waals surface area contributed by atoms with Crippen molar-refractivity contribution in [3.8, 4) is 11.5 Å². The number of phenols is 1. The molecule has 0 unspecified atom stereocenters. The predicted molar refractivity (Wildman–Crippen MR) is 126 cm³/mol. The van der Waals surface area contributed by atoms with E-state index in [0.717, 1.165) is 17.3 Å². The zero-order valence-electron chi connectivity index (χ0n) is 16.9. The second-order valence-corrected chi connectivity index (χ2v) is 8.10. The Morgan fingerprint density at radius 3 is 2.81 bits per heavy atom. The number of carbonyl (C=O) groups excluding carboxylic acids is 1. The van der Waals surface area contributed by atoms with Gasteiger partial charge in [-0.05, 0) is 60.3 Å². The Bertz CT molecular complexity index is 1220. The van der Waals surface area contributed by atoms with Gasteiger partial charge in [-0.1, -0.05) is 23.7 Å². The first-order valence-corrected chi connectivity index (χ1v) is 10.7. The molecule has 1 aromatic heterocycles. The van der Waals surface area contributed by atoms with E-state index in [4.69, 9.17) is 20.8 Å². The zero-order chi connectivity index (χ0) is 22.5. The van der Waals surface area contributed by atoms with E-state index in [2.05, 4.69) is 10.2 Å². The van der Waals surface area contributed by atoms with Gasteiger partial charge in [0.2, 0.25) is 0 Å². The van der Waals surface area contributed by atoms with Gasteiger partial charge in [-0.3, -0.25) is 9.69 Å². The highest BCUT2D eigenvalue weighted by atomic mass is 35.5. The van der Waals surface area contributed by atoms with Crippen LogP contribution in [0.2, 0.25) is 5.02 Å². The topological polar surface area (TPSA) is 87.6 Å². The molecule has 1 aliphatic rings. The number of aromatic hydroxyl groups is 1. The minimum atomic E-state index is -0.281. The quantitative estimate of drug-likeness (QED) is 0.307. The van der Waals surface area contributed by atoms with E-state index < -0.39 is 0 Å². The first-order valence-electron chi connectivity index (χ1n) is 9.51. The summed E-state index contributed by atoms with van der Waals surface area (Å²) < 4.78 is 10.7. The van der Waals surface area contributed by atoms with Crippen LogP contribution in [0.3, 0.4) is 0 Å². The van der Waals surface area contributed by atoms with E-state index in [1.54, 1.807) is 49.9 Å². The minimum absolute atomic E-state index is 0.0208. The second kappa shape index (κ2) is 9.76. The molecule has 1 aliphatic heterocycles. The third-order valence-electron chi connectivity index (χ3n) is 4.54. The summed E-state index contributed by atoms with van der Waals surface area (Å²) in [4.78, 5) is 14.9. The van der Waals surface area contributed by atoms with Gasteiger partial charge in [0, 0.05) is 16.1 Å². The Balaban J connectivity index is 1.66. The van der Waals surface area contributed by atoms with Crippen molar-refractivity contribution in [3.05, 3.63) is 87.7 Å². The lowest BCUT2D eigenvalue weighted by Gasteiger charge is -2.12. The number of amidine groups is 1. The summed E-state index contributed by atoms with van der Waals surface area (Å²) in [6.07, 6.45) is 4.68. The summed E-state index contributed by atoms with van der Waals surface area (Å²) >= 11 is 7.18. The maximum atomic E-state index is 13.1. The van der Waals surface area contributed by atoms with Crippen LogP contribution in [0.25, 0.3) is 6.08 Å². The van der Waals surface area contributed by atoms with Gasteiger partial charge >= 0.3 is 0 Å². The van der Waals surface area contributed by atoms with Gasteiger partial charge in [-0.2, -0.15) is 5.10 Å². The van der Waals surface area contributed by atoms with Crippen molar-refractivity contribution in [2.24, 2.45) is 10.2 Å². The Hall–Kier alpha value is -3.49. The molecular weight excluding hydrogens is 450 g/mol. The highest BCUT2D eigenvalue weighted by Gasteiger charge is 2.34. The molecule has 1 fully saturated rings. The molecule has 9 heteroatoms. The van der Waals surface area contributed by atoms with E-state index in [9.17, 15) is 9.90 Å². The molecule has 0 aliphatic carbocycles. The lowest BCUT2D eigenvalue weighted by atomic mass is 10.2. The SMILES string of the molecule is COc1ccccc1/C=N/N=C1\S/C(=C\c2cc(Cl)ccc2O)C(=O)N1Cc1ccco1. The lowest BCUT2D eigenvalue weighted by Crippen LogP contribution is -2.28. The van der Waals surface area contributed by atoms with E-state index in [1.807, 2.05) is 24.3 Å². The van der Waals surface area contributed by atoms with Crippen molar-refractivity contribution < 1.29 is 19.1 Å². The first-order chi connectivity index (χ1) is 15.5. The van der Waals surface area contributed by atoms with Crippen molar-refractivity contribution in [3.63, 3.8) is 0 Å². The fourth-order valence-electron chi connectivity index (χ4n) is 2.98. The molecule has 0 atom stereocenters. The zero-order valence-corrected chi connectivity index (χ0v) is 18.5. The number of rotatable bonds is 6. The number of para-hydroxylation sites is 1. The number of halogens is 1. The van der Waals surface area contributed by atoms with E-state index in [-0.39, 0.29) is 18.2 Å². The molecule has 32 heavy (non-hydrogen) atoms. The van der Waals surface area contributed by atoms with Gasteiger partial charge in [0.1, 0.15) is 17.3 Å². The smallest absolute Gasteiger partial charge is 0.267 e. The standard InChI is InChI=1S/C23H18ClN3O4S/c1-30-20-7-3-2-5-15(20)13-25-26-23-27(14-18-6-4-10-31-18)22(29)21(32-23)12-16-11-17(24)8-9-19(16)28/h2-13,28H,14H2,1H3/b21-12-,25-13+,26-23-. The maximum absolute atomic E-state index is 13.1. The summed E-state index contributed by atoms with van der Waals surface area (Å²) in [5.41, 5.74) is 1.19.